The van der Waals surface area contributed by atoms with Crippen molar-refractivity contribution in [3.05, 3.63) is 35.4 Å². The summed E-state index contributed by atoms with van der Waals surface area (Å²) in [6.07, 6.45) is 0.912. The summed E-state index contributed by atoms with van der Waals surface area (Å²) < 4.78 is 5.52. The van der Waals surface area contributed by atoms with Crippen molar-refractivity contribution in [2.45, 2.75) is 45.4 Å². The summed E-state index contributed by atoms with van der Waals surface area (Å²) in [5, 5.41) is 3.53. The Kier molecular flexibility index (Phi) is 7.49. The highest BCUT2D eigenvalue weighted by Gasteiger charge is 2.36. The van der Waals surface area contributed by atoms with Crippen LogP contribution in [0.15, 0.2) is 29.3 Å². The number of piperazine rings is 1. The maximum absolute atomic E-state index is 12.3. The summed E-state index contributed by atoms with van der Waals surface area (Å²) in [4.78, 5) is 23.7. The average Bonchev–Trinajstić information content (AvgIpc) is 3.09. The second kappa shape index (κ2) is 9.72. The number of carbonyl (C=O) groups excluding carboxylic acids is 1. The van der Waals surface area contributed by atoms with Gasteiger partial charge in [0.15, 0.2) is 5.96 Å². The summed E-state index contributed by atoms with van der Waals surface area (Å²) >= 11 is 0. The standard InChI is InChI=1S/C22H33N5O2.HI/c1-22(2,3)29-21(28)26-12-13-27-19(16-26)14-24-20(27)23-9-11-25-10-8-17-6-4-5-7-18(17)15-25;/h4-7,19H,8-16H2,1-3H3,(H,23,24);1H. The Morgan fingerprint density at radius 1 is 1.20 bits per heavy atom. The van der Waals surface area contributed by atoms with E-state index >= 15 is 0 Å². The Hall–Kier alpha value is -1.55. The molecule has 4 rings (SSSR count). The third-order valence-electron chi connectivity index (χ3n) is 5.78. The van der Waals surface area contributed by atoms with Gasteiger partial charge in [-0.15, -0.1) is 24.0 Å². The maximum Gasteiger partial charge on any atom is 0.410 e. The first-order chi connectivity index (χ1) is 13.9. The first-order valence-electron chi connectivity index (χ1n) is 10.7. The number of carbonyl (C=O) groups is 1. The van der Waals surface area contributed by atoms with Crippen LogP contribution in [0.3, 0.4) is 0 Å². The monoisotopic (exact) mass is 527 g/mol. The molecule has 0 radical (unpaired) electrons. The predicted molar refractivity (Wildman–Crippen MR) is 129 cm³/mol. The minimum absolute atomic E-state index is 0. The number of guanidine groups is 1. The zero-order valence-electron chi connectivity index (χ0n) is 18.3. The highest BCUT2D eigenvalue weighted by atomic mass is 127. The van der Waals surface area contributed by atoms with E-state index in [1.54, 1.807) is 0 Å². The normalized spacial score (nSPS) is 21.3. The largest absolute Gasteiger partial charge is 0.444 e. The van der Waals surface area contributed by atoms with Gasteiger partial charge in [-0.1, -0.05) is 24.3 Å². The third kappa shape index (κ3) is 5.57. The molecule has 166 valence electrons. The van der Waals surface area contributed by atoms with Crippen molar-refractivity contribution in [3.8, 4) is 0 Å². The number of rotatable bonds is 3. The van der Waals surface area contributed by atoms with Gasteiger partial charge in [0.25, 0.3) is 0 Å². The highest BCUT2D eigenvalue weighted by Crippen LogP contribution is 2.19. The summed E-state index contributed by atoms with van der Waals surface area (Å²) in [6.45, 7) is 12.6. The van der Waals surface area contributed by atoms with Crippen molar-refractivity contribution >= 4 is 36.0 Å². The molecule has 0 saturated carbocycles. The molecule has 0 aliphatic carbocycles. The van der Waals surface area contributed by atoms with Crippen LogP contribution in [0.2, 0.25) is 0 Å². The molecule has 1 saturated heterocycles. The van der Waals surface area contributed by atoms with Gasteiger partial charge in [0.2, 0.25) is 0 Å². The van der Waals surface area contributed by atoms with Crippen LogP contribution in [0.1, 0.15) is 31.9 Å². The molecular weight excluding hydrogens is 493 g/mol. The van der Waals surface area contributed by atoms with Crippen LogP contribution in [0.25, 0.3) is 0 Å². The minimum Gasteiger partial charge on any atom is -0.444 e. The lowest BCUT2D eigenvalue weighted by Crippen LogP contribution is -2.57. The fourth-order valence-electron chi connectivity index (χ4n) is 4.29. The third-order valence-corrected chi connectivity index (χ3v) is 5.78. The number of ether oxygens (including phenoxy) is 1. The maximum atomic E-state index is 12.3. The molecule has 7 nitrogen and oxygen atoms in total. The summed E-state index contributed by atoms with van der Waals surface area (Å²) in [5.74, 6) is 0.983. The first kappa shape index (κ1) is 23.1. The number of hydrogen-bond acceptors (Lipinski definition) is 6. The first-order valence-corrected chi connectivity index (χ1v) is 10.7. The molecule has 0 aromatic heterocycles. The van der Waals surface area contributed by atoms with Crippen LogP contribution in [0.4, 0.5) is 4.79 Å². The molecule has 0 spiro atoms. The number of amides is 1. The topological polar surface area (TPSA) is 60.4 Å². The average molecular weight is 527 g/mol. The van der Waals surface area contributed by atoms with Crippen LogP contribution < -0.4 is 5.32 Å². The predicted octanol–water partition coefficient (Wildman–Crippen LogP) is 2.54. The molecule has 1 atom stereocenters. The van der Waals surface area contributed by atoms with Crippen LogP contribution in [-0.2, 0) is 17.7 Å². The number of benzene rings is 1. The molecule has 1 unspecified atom stereocenters. The fraction of sp³-hybridized carbons (Fsp3) is 0.636. The SMILES string of the molecule is CC(C)(C)OC(=O)N1CCN2C(NCCN3CCc4ccccc4C3)=NCC2C1.I. The Morgan fingerprint density at radius 3 is 2.73 bits per heavy atom. The molecule has 0 bridgehead atoms. The number of halogens is 1. The van der Waals surface area contributed by atoms with Gasteiger partial charge >= 0.3 is 6.09 Å². The van der Waals surface area contributed by atoms with E-state index in [-0.39, 0.29) is 36.1 Å². The molecule has 3 heterocycles. The van der Waals surface area contributed by atoms with Gasteiger partial charge in [-0.25, -0.2) is 4.79 Å². The number of hydrogen-bond donors (Lipinski definition) is 1. The summed E-state index contributed by atoms with van der Waals surface area (Å²) in [6, 6.07) is 9.00. The summed E-state index contributed by atoms with van der Waals surface area (Å²) in [5.41, 5.74) is 2.49. The molecule has 8 heteroatoms. The smallest absolute Gasteiger partial charge is 0.410 e. The number of aliphatic imine (C=N–C) groups is 1. The Morgan fingerprint density at radius 2 is 1.97 bits per heavy atom. The van der Waals surface area contributed by atoms with E-state index in [0.29, 0.717) is 13.1 Å². The van der Waals surface area contributed by atoms with E-state index in [2.05, 4.69) is 39.4 Å². The summed E-state index contributed by atoms with van der Waals surface area (Å²) in [7, 11) is 0. The molecule has 1 fully saturated rings. The van der Waals surface area contributed by atoms with Crippen LogP contribution >= 0.6 is 24.0 Å². The second-order valence-corrected chi connectivity index (χ2v) is 9.16. The van der Waals surface area contributed by atoms with Crippen LogP contribution in [-0.4, -0.2) is 84.2 Å². The second-order valence-electron chi connectivity index (χ2n) is 9.16. The zero-order chi connectivity index (χ0) is 20.4. The Bertz CT molecular complexity index is 779. The lowest BCUT2D eigenvalue weighted by molar-refractivity contribution is 0.0137. The van der Waals surface area contributed by atoms with E-state index < -0.39 is 5.60 Å². The van der Waals surface area contributed by atoms with Crippen molar-refractivity contribution in [3.63, 3.8) is 0 Å². The fourth-order valence-corrected chi connectivity index (χ4v) is 4.29. The number of nitrogens with one attached hydrogen (secondary N) is 1. The number of nitrogens with zero attached hydrogens (tertiary/aromatic N) is 4. The van der Waals surface area contributed by atoms with Crippen molar-refractivity contribution in [1.29, 1.82) is 0 Å². The van der Waals surface area contributed by atoms with E-state index in [0.717, 1.165) is 51.6 Å². The van der Waals surface area contributed by atoms with Crippen LogP contribution in [0.5, 0.6) is 0 Å². The van der Waals surface area contributed by atoms with Gasteiger partial charge in [0.1, 0.15) is 5.60 Å². The molecule has 1 aromatic rings. The Balaban J connectivity index is 0.00000256. The molecule has 1 aromatic carbocycles. The highest BCUT2D eigenvalue weighted by molar-refractivity contribution is 14.0. The van der Waals surface area contributed by atoms with Crippen molar-refractivity contribution in [1.82, 2.24) is 20.0 Å². The van der Waals surface area contributed by atoms with Gasteiger partial charge < -0.3 is 19.9 Å². The molecule has 3 aliphatic rings. The van der Waals surface area contributed by atoms with E-state index in [9.17, 15) is 4.79 Å². The lowest BCUT2D eigenvalue weighted by Gasteiger charge is -2.39. The van der Waals surface area contributed by atoms with Gasteiger partial charge in [-0.2, -0.15) is 0 Å². The lowest BCUT2D eigenvalue weighted by atomic mass is 10.00. The quantitative estimate of drug-likeness (QED) is 0.613. The van der Waals surface area contributed by atoms with Crippen molar-refractivity contribution in [2.75, 3.05) is 45.8 Å². The van der Waals surface area contributed by atoms with Gasteiger partial charge in [0, 0.05) is 45.8 Å². The van der Waals surface area contributed by atoms with Gasteiger partial charge in [-0.05, 0) is 38.3 Å². The molecule has 3 aliphatic heterocycles. The van der Waals surface area contributed by atoms with Crippen molar-refractivity contribution in [2.24, 2.45) is 4.99 Å². The molecule has 1 N–H and O–H groups in total. The number of fused-ring (bicyclic) bond motifs is 2. The van der Waals surface area contributed by atoms with E-state index in [1.807, 2.05) is 25.7 Å². The molecule has 1 amide bonds. The molecular formula is C22H34IN5O2. The minimum atomic E-state index is -0.456. The van der Waals surface area contributed by atoms with Crippen LogP contribution in [0, 0.1) is 0 Å². The van der Waals surface area contributed by atoms with E-state index in [4.69, 9.17) is 9.73 Å². The van der Waals surface area contributed by atoms with Gasteiger partial charge in [0.05, 0.1) is 12.6 Å². The van der Waals surface area contributed by atoms with E-state index in [1.165, 1.54) is 11.1 Å². The Labute approximate surface area is 196 Å². The molecule has 30 heavy (non-hydrogen) atoms. The van der Waals surface area contributed by atoms with Crippen molar-refractivity contribution < 1.29 is 9.53 Å². The van der Waals surface area contributed by atoms with Gasteiger partial charge in [-0.3, -0.25) is 9.89 Å². The zero-order valence-corrected chi connectivity index (χ0v) is 20.6.